The number of rotatable bonds is 7. The van der Waals surface area contributed by atoms with Crippen LogP contribution in [-0.4, -0.2) is 76.0 Å². The summed E-state index contributed by atoms with van der Waals surface area (Å²) in [4.78, 5) is 66.4. The second-order valence-electron chi connectivity index (χ2n) is 12.5. The second kappa shape index (κ2) is 11.9. The van der Waals surface area contributed by atoms with E-state index in [1.165, 1.54) is 32.1 Å². The third kappa shape index (κ3) is 5.26. The lowest BCUT2D eigenvalue weighted by Gasteiger charge is -2.55. The summed E-state index contributed by atoms with van der Waals surface area (Å²) in [6.45, 7) is 11.2. The molecule has 44 heavy (non-hydrogen) atoms. The molecule has 11 heteroatoms. The van der Waals surface area contributed by atoms with E-state index >= 15 is 0 Å². The highest BCUT2D eigenvalue weighted by atomic mass is 16.6. The molecular formula is C33H40O11. The van der Waals surface area contributed by atoms with Gasteiger partial charge in [0.15, 0.2) is 5.60 Å². The predicted octanol–water partition coefficient (Wildman–Crippen LogP) is 2.72. The summed E-state index contributed by atoms with van der Waals surface area (Å²) in [6.07, 6.45) is -1.21. The second-order valence-corrected chi connectivity index (χ2v) is 12.5. The Bertz CT molecular complexity index is 1380. The molecule has 0 amide bonds. The number of benzene rings is 1. The van der Waals surface area contributed by atoms with Crippen molar-refractivity contribution >= 4 is 29.7 Å². The summed E-state index contributed by atoms with van der Waals surface area (Å²) in [5.74, 6) is -8.30. The van der Waals surface area contributed by atoms with Crippen LogP contribution >= 0.6 is 0 Å². The average molecular weight is 613 g/mol. The van der Waals surface area contributed by atoms with Crippen LogP contribution in [0.5, 0.6) is 0 Å². The molecule has 1 aromatic carbocycles. The molecule has 4 rings (SSSR count). The molecule has 3 aliphatic carbocycles. The normalized spacial score (nSPS) is 37.5. The molecule has 2 N–H and O–H groups in total. The fourth-order valence-corrected chi connectivity index (χ4v) is 7.94. The van der Waals surface area contributed by atoms with Crippen molar-refractivity contribution in [3.63, 3.8) is 0 Å². The van der Waals surface area contributed by atoms with Gasteiger partial charge < -0.3 is 29.2 Å². The summed E-state index contributed by atoms with van der Waals surface area (Å²) in [5, 5.41) is 23.9. The van der Waals surface area contributed by atoms with Crippen molar-refractivity contribution < 1.29 is 53.1 Å². The van der Waals surface area contributed by atoms with Crippen molar-refractivity contribution in [2.75, 3.05) is 6.61 Å². The predicted molar refractivity (Wildman–Crippen MR) is 155 cm³/mol. The van der Waals surface area contributed by atoms with Crippen molar-refractivity contribution in [2.45, 2.75) is 77.5 Å². The van der Waals surface area contributed by atoms with E-state index in [-0.39, 0.29) is 12.0 Å². The fraction of sp³-hybridized carbons (Fsp3) is 0.545. The first-order valence-electron chi connectivity index (χ1n) is 14.6. The number of esters is 4. The number of aliphatic hydroxyl groups excluding tert-OH is 1. The number of hydrogen-bond acceptors (Lipinski definition) is 11. The number of carbonyl (C=O) groups excluding carboxylic acids is 5. The maximum atomic E-state index is 14.8. The Hall–Kier alpha value is -3.83. The van der Waals surface area contributed by atoms with Gasteiger partial charge in [-0.25, -0.2) is 4.79 Å². The van der Waals surface area contributed by atoms with Crippen LogP contribution in [0.4, 0.5) is 0 Å². The molecule has 11 nitrogen and oxygen atoms in total. The standard InChI is InChI=1S/C33H40O11/c1-17(2)23-13-14-24(41-19(4)35)32(16-34)27(23)31(7,40)30(39)33(44-21(6)37)15-18(3)26(42-20(5)36)25(33)28(32)43-29(38)22-11-9-8-10-12-22/h8-14,18,23-28,34,40H,1,15-16H2,2-7H3/t18-,23+,24+,25+,26-,27-,28+,31-,32+,33+/m1/s1. The molecule has 2 saturated carbocycles. The van der Waals surface area contributed by atoms with Gasteiger partial charge in [0.1, 0.15) is 23.9 Å². The highest BCUT2D eigenvalue weighted by molar-refractivity contribution is 5.98. The van der Waals surface area contributed by atoms with Crippen LogP contribution in [0.2, 0.25) is 0 Å². The number of fused-ring (bicyclic) bond motifs is 2. The Morgan fingerprint density at radius 2 is 1.57 bits per heavy atom. The SMILES string of the molecule is C=C(C)[C@@H]1C=C[C@H](OC(C)=O)[C@]2(CO)[C@@H](OC(=O)c3ccccc3)[C@@H]3[C@H](OC(C)=O)[C@H](C)C[C@@]3(OC(C)=O)C(=O)[C@](C)(O)[C@@H]12. The largest absolute Gasteiger partial charge is 0.462 e. The van der Waals surface area contributed by atoms with Gasteiger partial charge in [0.2, 0.25) is 5.78 Å². The molecule has 0 saturated heterocycles. The van der Waals surface area contributed by atoms with Crippen molar-refractivity contribution in [1.82, 2.24) is 0 Å². The third-order valence-corrected chi connectivity index (χ3v) is 9.35. The van der Waals surface area contributed by atoms with Crippen molar-refractivity contribution in [3.8, 4) is 0 Å². The minimum absolute atomic E-state index is 0.125. The van der Waals surface area contributed by atoms with Crippen molar-refractivity contribution in [2.24, 2.45) is 29.1 Å². The lowest BCUT2D eigenvalue weighted by atomic mass is 9.53. The van der Waals surface area contributed by atoms with Crippen LogP contribution in [0.15, 0.2) is 54.6 Å². The van der Waals surface area contributed by atoms with E-state index in [0.717, 1.165) is 13.8 Å². The Balaban J connectivity index is 2.15. The molecule has 0 aromatic heterocycles. The highest BCUT2D eigenvalue weighted by Gasteiger charge is 2.78. The van der Waals surface area contributed by atoms with E-state index in [1.807, 2.05) is 0 Å². The molecular weight excluding hydrogens is 572 g/mol. The number of Topliss-reactive ketones (excluding diaryl/α,β-unsaturated/α-hetero) is 1. The topological polar surface area (TPSA) is 163 Å². The van der Waals surface area contributed by atoms with Gasteiger partial charge in [0.05, 0.1) is 23.5 Å². The zero-order chi connectivity index (χ0) is 32.8. The average Bonchev–Trinajstić information content (AvgIpc) is 3.18. The molecule has 0 aliphatic heterocycles. The summed E-state index contributed by atoms with van der Waals surface area (Å²) in [7, 11) is 0. The lowest BCUT2D eigenvalue weighted by Crippen LogP contribution is -2.65. The first-order chi connectivity index (χ1) is 20.5. The van der Waals surface area contributed by atoms with Crippen molar-refractivity contribution in [1.29, 1.82) is 0 Å². The number of hydrogen-bond donors (Lipinski definition) is 2. The Kier molecular flexibility index (Phi) is 8.97. The zero-order valence-corrected chi connectivity index (χ0v) is 25.8. The quantitative estimate of drug-likeness (QED) is 0.264. The van der Waals surface area contributed by atoms with Crippen LogP contribution < -0.4 is 0 Å². The van der Waals surface area contributed by atoms with Crippen molar-refractivity contribution in [3.05, 3.63) is 60.2 Å². The molecule has 0 bridgehead atoms. The van der Waals surface area contributed by atoms with Gasteiger partial charge in [-0.15, -0.1) is 0 Å². The molecule has 10 atom stereocenters. The summed E-state index contributed by atoms with van der Waals surface area (Å²) < 4.78 is 23.7. The molecule has 238 valence electrons. The van der Waals surface area contributed by atoms with Gasteiger partial charge in [-0.2, -0.15) is 0 Å². The van der Waals surface area contributed by atoms with Gasteiger partial charge in [0, 0.05) is 39.0 Å². The van der Waals surface area contributed by atoms with Crippen LogP contribution in [0.3, 0.4) is 0 Å². The molecule has 1 aromatic rings. The van der Waals surface area contributed by atoms with Crippen LogP contribution in [0.25, 0.3) is 0 Å². The van der Waals surface area contributed by atoms with Crippen LogP contribution in [-0.2, 0) is 38.1 Å². The zero-order valence-electron chi connectivity index (χ0n) is 25.8. The highest BCUT2D eigenvalue weighted by Crippen LogP contribution is 2.63. The number of ether oxygens (including phenoxy) is 4. The Morgan fingerprint density at radius 1 is 0.955 bits per heavy atom. The van der Waals surface area contributed by atoms with Crippen LogP contribution in [0, 0.1) is 29.1 Å². The monoisotopic (exact) mass is 612 g/mol. The first kappa shape index (κ1) is 33.1. The van der Waals surface area contributed by atoms with E-state index in [9.17, 15) is 34.2 Å². The van der Waals surface area contributed by atoms with Gasteiger partial charge in [-0.1, -0.05) is 43.4 Å². The Labute approximate surface area is 256 Å². The summed E-state index contributed by atoms with van der Waals surface area (Å²) in [6, 6.07) is 7.94. The summed E-state index contributed by atoms with van der Waals surface area (Å²) in [5.41, 5.74) is -5.87. The lowest BCUT2D eigenvalue weighted by molar-refractivity contribution is -0.208. The fourth-order valence-electron chi connectivity index (χ4n) is 7.94. The maximum Gasteiger partial charge on any atom is 0.338 e. The summed E-state index contributed by atoms with van der Waals surface area (Å²) >= 11 is 0. The number of aliphatic hydroxyl groups is 2. The molecule has 0 unspecified atom stereocenters. The van der Waals surface area contributed by atoms with Crippen LogP contribution in [0.1, 0.15) is 58.3 Å². The minimum Gasteiger partial charge on any atom is -0.462 e. The smallest absolute Gasteiger partial charge is 0.338 e. The van der Waals surface area contributed by atoms with Gasteiger partial charge >= 0.3 is 23.9 Å². The molecule has 3 aliphatic rings. The van der Waals surface area contributed by atoms with E-state index in [0.29, 0.717) is 5.57 Å². The molecule has 0 heterocycles. The van der Waals surface area contributed by atoms with E-state index in [4.69, 9.17) is 18.9 Å². The van der Waals surface area contributed by atoms with E-state index in [1.54, 1.807) is 38.1 Å². The van der Waals surface area contributed by atoms with E-state index in [2.05, 4.69) is 6.58 Å². The van der Waals surface area contributed by atoms with Gasteiger partial charge in [-0.05, 0) is 38.0 Å². The molecule has 2 fully saturated rings. The number of allylic oxidation sites excluding steroid dienone is 2. The molecule has 0 radical (unpaired) electrons. The Morgan fingerprint density at radius 3 is 2.09 bits per heavy atom. The molecule has 0 spiro atoms. The van der Waals surface area contributed by atoms with E-state index < -0.39 is 94.9 Å². The first-order valence-corrected chi connectivity index (χ1v) is 14.6. The van der Waals surface area contributed by atoms with Gasteiger partial charge in [-0.3, -0.25) is 19.2 Å². The third-order valence-electron chi connectivity index (χ3n) is 9.35. The number of ketones is 1. The number of carbonyl (C=O) groups is 5. The van der Waals surface area contributed by atoms with Gasteiger partial charge in [0.25, 0.3) is 0 Å². The maximum absolute atomic E-state index is 14.8. The minimum atomic E-state index is -2.39.